The van der Waals surface area contributed by atoms with Gasteiger partial charge in [0.1, 0.15) is 0 Å². The molecular formula is C14H22N6S. The quantitative estimate of drug-likeness (QED) is 0.885. The lowest BCUT2D eigenvalue weighted by Crippen LogP contribution is -2.25. The number of hydrogen-bond acceptors (Lipinski definition) is 7. The van der Waals surface area contributed by atoms with Crippen molar-refractivity contribution in [2.45, 2.75) is 19.9 Å². The molecule has 0 saturated carbocycles. The van der Waals surface area contributed by atoms with Crippen LogP contribution < -0.4 is 15.1 Å². The maximum absolute atomic E-state index is 4.54. The monoisotopic (exact) mass is 306 g/mol. The van der Waals surface area contributed by atoms with Crippen LogP contribution >= 0.6 is 11.3 Å². The van der Waals surface area contributed by atoms with E-state index in [9.17, 15) is 0 Å². The Morgan fingerprint density at radius 1 is 1.19 bits per heavy atom. The number of hydrogen-bond donors (Lipinski definition) is 1. The van der Waals surface area contributed by atoms with E-state index in [4.69, 9.17) is 0 Å². The molecule has 2 aromatic heterocycles. The van der Waals surface area contributed by atoms with Crippen molar-refractivity contribution >= 4 is 29.2 Å². The highest BCUT2D eigenvalue weighted by atomic mass is 32.1. The van der Waals surface area contributed by atoms with E-state index in [2.05, 4.69) is 49.6 Å². The Bertz CT molecular complexity index is 569. The zero-order valence-electron chi connectivity index (χ0n) is 13.2. The van der Waals surface area contributed by atoms with Crippen molar-refractivity contribution in [1.82, 2.24) is 15.0 Å². The molecule has 2 rings (SSSR count). The van der Waals surface area contributed by atoms with Gasteiger partial charge in [0.15, 0.2) is 0 Å². The minimum atomic E-state index is 0.219. The van der Waals surface area contributed by atoms with Gasteiger partial charge in [-0.15, -0.1) is 11.3 Å². The molecule has 1 unspecified atom stereocenters. The summed E-state index contributed by atoms with van der Waals surface area (Å²) in [5.41, 5.74) is 0. The van der Waals surface area contributed by atoms with Crippen LogP contribution in [0.15, 0.2) is 17.5 Å². The van der Waals surface area contributed by atoms with E-state index in [1.807, 2.05) is 33.0 Å². The van der Waals surface area contributed by atoms with Crippen LogP contribution in [-0.4, -0.2) is 42.6 Å². The van der Waals surface area contributed by atoms with Crippen LogP contribution in [0.5, 0.6) is 0 Å². The van der Waals surface area contributed by atoms with Gasteiger partial charge in [-0.1, -0.05) is 6.07 Å². The predicted octanol–water partition coefficient (Wildman–Crippen LogP) is 2.63. The minimum absolute atomic E-state index is 0.219. The van der Waals surface area contributed by atoms with Crippen LogP contribution in [0.3, 0.4) is 0 Å². The van der Waals surface area contributed by atoms with Gasteiger partial charge in [0, 0.05) is 32.6 Å². The molecule has 0 amide bonds. The first-order valence-corrected chi connectivity index (χ1v) is 7.84. The summed E-state index contributed by atoms with van der Waals surface area (Å²) in [5.74, 6) is 1.93. The van der Waals surface area contributed by atoms with E-state index in [-0.39, 0.29) is 6.04 Å². The molecule has 1 N–H and O–H groups in total. The third-order valence-electron chi connectivity index (χ3n) is 3.20. The molecule has 0 bridgehead atoms. The molecule has 0 saturated heterocycles. The van der Waals surface area contributed by atoms with E-state index >= 15 is 0 Å². The molecular weight excluding hydrogens is 284 g/mol. The summed E-state index contributed by atoms with van der Waals surface area (Å²) in [6, 6.07) is 4.41. The standard InChI is InChI=1S/C14H22N6S/c1-6-15-12-16-13(19(3)4)18-14(17-12)20(5)10(2)11-8-7-9-21-11/h7-10H,6H2,1-5H3,(H,15,16,17,18). The second kappa shape index (κ2) is 6.71. The van der Waals surface area contributed by atoms with Crippen LogP contribution in [0.1, 0.15) is 24.8 Å². The predicted molar refractivity (Wildman–Crippen MR) is 89.5 cm³/mol. The summed E-state index contributed by atoms with van der Waals surface area (Å²) in [4.78, 5) is 18.7. The maximum Gasteiger partial charge on any atom is 0.232 e. The number of nitrogens with zero attached hydrogens (tertiary/aromatic N) is 5. The molecule has 0 aliphatic carbocycles. The second-order valence-electron chi connectivity index (χ2n) is 4.99. The fourth-order valence-corrected chi connectivity index (χ4v) is 2.67. The maximum atomic E-state index is 4.54. The summed E-state index contributed by atoms with van der Waals surface area (Å²) < 4.78 is 0. The van der Waals surface area contributed by atoms with Gasteiger partial charge in [-0.05, 0) is 25.3 Å². The fourth-order valence-electron chi connectivity index (χ4n) is 1.84. The zero-order valence-corrected chi connectivity index (χ0v) is 14.0. The number of aromatic nitrogens is 3. The van der Waals surface area contributed by atoms with Crippen molar-refractivity contribution < 1.29 is 0 Å². The van der Waals surface area contributed by atoms with Crippen molar-refractivity contribution in [1.29, 1.82) is 0 Å². The van der Waals surface area contributed by atoms with Crippen LogP contribution in [-0.2, 0) is 0 Å². The third kappa shape index (κ3) is 3.60. The van der Waals surface area contributed by atoms with Crippen LogP contribution in [0.2, 0.25) is 0 Å². The molecule has 0 fully saturated rings. The summed E-state index contributed by atoms with van der Waals surface area (Å²) in [7, 11) is 5.87. The average molecular weight is 306 g/mol. The first-order valence-electron chi connectivity index (χ1n) is 6.96. The van der Waals surface area contributed by atoms with E-state index < -0.39 is 0 Å². The normalized spacial score (nSPS) is 12.0. The van der Waals surface area contributed by atoms with Gasteiger partial charge in [-0.25, -0.2) is 0 Å². The molecule has 0 aliphatic rings. The van der Waals surface area contributed by atoms with Crippen LogP contribution in [0.25, 0.3) is 0 Å². The Kier molecular flexibility index (Phi) is 4.95. The lowest BCUT2D eigenvalue weighted by molar-refractivity contribution is 0.722. The molecule has 0 radical (unpaired) electrons. The highest BCUT2D eigenvalue weighted by molar-refractivity contribution is 7.10. The van der Waals surface area contributed by atoms with Crippen molar-refractivity contribution in [3.63, 3.8) is 0 Å². The highest BCUT2D eigenvalue weighted by Crippen LogP contribution is 2.27. The molecule has 2 heterocycles. The Balaban J connectivity index is 2.32. The lowest BCUT2D eigenvalue weighted by Gasteiger charge is -2.25. The van der Waals surface area contributed by atoms with Crippen molar-refractivity contribution in [2.75, 3.05) is 42.8 Å². The number of rotatable bonds is 6. The summed E-state index contributed by atoms with van der Waals surface area (Å²) >= 11 is 1.74. The second-order valence-corrected chi connectivity index (χ2v) is 5.97. The lowest BCUT2D eigenvalue weighted by atomic mass is 10.2. The first-order chi connectivity index (χ1) is 10.0. The van der Waals surface area contributed by atoms with Gasteiger partial charge < -0.3 is 15.1 Å². The van der Waals surface area contributed by atoms with Crippen molar-refractivity contribution in [2.24, 2.45) is 0 Å². The van der Waals surface area contributed by atoms with Crippen LogP contribution in [0, 0.1) is 0 Å². The van der Waals surface area contributed by atoms with E-state index in [0.717, 1.165) is 6.54 Å². The zero-order chi connectivity index (χ0) is 15.4. The van der Waals surface area contributed by atoms with Gasteiger partial charge >= 0.3 is 0 Å². The average Bonchev–Trinajstić information content (AvgIpc) is 2.99. The molecule has 0 aliphatic heterocycles. The topological polar surface area (TPSA) is 57.2 Å². The Morgan fingerprint density at radius 2 is 1.90 bits per heavy atom. The molecule has 0 spiro atoms. The molecule has 7 heteroatoms. The first kappa shape index (κ1) is 15.5. The Labute approximate surface area is 129 Å². The summed E-state index contributed by atoms with van der Waals surface area (Å²) in [5, 5.41) is 5.24. The molecule has 114 valence electrons. The van der Waals surface area contributed by atoms with Gasteiger partial charge in [-0.2, -0.15) is 15.0 Å². The summed E-state index contributed by atoms with van der Waals surface area (Å²) in [6.45, 7) is 4.95. The smallest absolute Gasteiger partial charge is 0.232 e. The van der Waals surface area contributed by atoms with Gasteiger partial charge in [-0.3, -0.25) is 0 Å². The van der Waals surface area contributed by atoms with Gasteiger partial charge in [0.05, 0.1) is 6.04 Å². The molecule has 6 nitrogen and oxygen atoms in total. The summed E-state index contributed by atoms with van der Waals surface area (Å²) in [6.07, 6.45) is 0. The highest BCUT2D eigenvalue weighted by Gasteiger charge is 2.18. The largest absolute Gasteiger partial charge is 0.354 e. The SMILES string of the molecule is CCNc1nc(N(C)C)nc(N(C)C(C)c2cccs2)n1. The molecule has 2 aromatic rings. The van der Waals surface area contributed by atoms with E-state index in [1.54, 1.807) is 11.3 Å². The van der Waals surface area contributed by atoms with E-state index in [0.29, 0.717) is 17.8 Å². The number of nitrogens with one attached hydrogen (secondary N) is 1. The van der Waals surface area contributed by atoms with Crippen molar-refractivity contribution in [3.05, 3.63) is 22.4 Å². The minimum Gasteiger partial charge on any atom is -0.354 e. The molecule has 1 atom stereocenters. The fraction of sp³-hybridized carbons (Fsp3) is 0.500. The number of thiophene rings is 1. The third-order valence-corrected chi connectivity index (χ3v) is 4.24. The van der Waals surface area contributed by atoms with Crippen molar-refractivity contribution in [3.8, 4) is 0 Å². The molecule has 0 aromatic carbocycles. The Morgan fingerprint density at radius 3 is 2.48 bits per heavy atom. The van der Waals surface area contributed by atoms with Gasteiger partial charge in [0.2, 0.25) is 17.8 Å². The van der Waals surface area contributed by atoms with Gasteiger partial charge in [0.25, 0.3) is 0 Å². The molecule has 21 heavy (non-hydrogen) atoms. The Hall–Kier alpha value is -1.89. The van der Waals surface area contributed by atoms with Crippen LogP contribution in [0.4, 0.5) is 17.8 Å². The van der Waals surface area contributed by atoms with E-state index in [1.165, 1.54) is 4.88 Å². The number of anilines is 3.